The molecule has 0 aliphatic carbocycles. The van der Waals surface area contributed by atoms with Crippen molar-refractivity contribution in [2.24, 2.45) is 0 Å². The molecule has 0 unspecified atom stereocenters. The summed E-state index contributed by atoms with van der Waals surface area (Å²) in [4.78, 5) is 8.82. The number of halogens is 1. The molecule has 0 spiro atoms. The van der Waals surface area contributed by atoms with Gasteiger partial charge in [-0.15, -0.1) is 0 Å². The third-order valence-electron chi connectivity index (χ3n) is 3.92. The number of piperazine rings is 1. The summed E-state index contributed by atoms with van der Waals surface area (Å²) in [6, 6.07) is 6.75. The lowest BCUT2D eigenvalue weighted by atomic mass is 10.1. The van der Waals surface area contributed by atoms with Gasteiger partial charge in [0.1, 0.15) is 5.82 Å². The average molecular weight is 289 g/mol. The van der Waals surface area contributed by atoms with Crippen LogP contribution in [0.4, 0.5) is 10.1 Å². The summed E-state index contributed by atoms with van der Waals surface area (Å²) in [5, 5.41) is 10.4. The SMILES string of the molecule is C[C@@H](O)CN1CCN(c2ccnc3cc(F)ccc23)CC1. The maximum atomic E-state index is 13.3. The fraction of sp³-hybridized carbons (Fsp3) is 0.438. The molecule has 1 aliphatic rings. The van der Waals surface area contributed by atoms with Gasteiger partial charge in [0, 0.05) is 56.1 Å². The molecule has 2 aromatic rings. The van der Waals surface area contributed by atoms with Gasteiger partial charge in [-0.25, -0.2) is 4.39 Å². The Morgan fingerprint density at radius 1 is 1.24 bits per heavy atom. The molecule has 1 saturated heterocycles. The molecular weight excluding hydrogens is 269 g/mol. The molecule has 2 heterocycles. The summed E-state index contributed by atoms with van der Waals surface area (Å²) in [5.41, 5.74) is 1.80. The van der Waals surface area contributed by atoms with Crippen LogP contribution in [0.1, 0.15) is 6.92 Å². The molecule has 0 saturated carbocycles. The summed E-state index contributed by atoms with van der Waals surface area (Å²) in [5.74, 6) is -0.256. The summed E-state index contributed by atoms with van der Waals surface area (Å²) < 4.78 is 13.3. The van der Waals surface area contributed by atoms with Crippen molar-refractivity contribution in [1.82, 2.24) is 9.88 Å². The average Bonchev–Trinajstić information content (AvgIpc) is 2.46. The van der Waals surface area contributed by atoms with E-state index in [2.05, 4.69) is 14.8 Å². The van der Waals surface area contributed by atoms with Crippen molar-refractivity contribution in [1.29, 1.82) is 0 Å². The first-order valence-electron chi connectivity index (χ1n) is 7.33. The highest BCUT2D eigenvalue weighted by molar-refractivity contribution is 5.91. The van der Waals surface area contributed by atoms with Gasteiger partial charge in [-0.1, -0.05) is 0 Å². The van der Waals surface area contributed by atoms with Gasteiger partial charge in [0.2, 0.25) is 0 Å². The van der Waals surface area contributed by atoms with E-state index in [0.29, 0.717) is 5.52 Å². The molecule has 1 N–H and O–H groups in total. The van der Waals surface area contributed by atoms with Crippen LogP contribution in [0.15, 0.2) is 30.5 Å². The zero-order valence-corrected chi connectivity index (χ0v) is 12.2. The van der Waals surface area contributed by atoms with Crippen molar-refractivity contribution >= 4 is 16.6 Å². The number of benzene rings is 1. The number of pyridine rings is 1. The highest BCUT2D eigenvalue weighted by Gasteiger charge is 2.19. The van der Waals surface area contributed by atoms with Gasteiger partial charge in [-0.05, 0) is 25.1 Å². The fourth-order valence-electron chi connectivity index (χ4n) is 2.93. The van der Waals surface area contributed by atoms with Crippen molar-refractivity contribution in [2.75, 3.05) is 37.6 Å². The molecule has 4 nitrogen and oxygen atoms in total. The topological polar surface area (TPSA) is 39.6 Å². The van der Waals surface area contributed by atoms with E-state index in [1.807, 2.05) is 13.0 Å². The van der Waals surface area contributed by atoms with Gasteiger partial charge >= 0.3 is 0 Å². The first-order chi connectivity index (χ1) is 10.1. The van der Waals surface area contributed by atoms with Crippen molar-refractivity contribution in [3.8, 4) is 0 Å². The minimum absolute atomic E-state index is 0.256. The lowest BCUT2D eigenvalue weighted by Crippen LogP contribution is -2.48. The minimum atomic E-state index is -0.290. The fourth-order valence-corrected chi connectivity index (χ4v) is 2.93. The van der Waals surface area contributed by atoms with Gasteiger partial charge in [0.15, 0.2) is 0 Å². The quantitative estimate of drug-likeness (QED) is 0.936. The minimum Gasteiger partial charge on any atom is -0.392 e. The molecular formula is C16H20FN3O. The number of anilines is 1. The standard InChI is InChI=1S/C16H20FN3O/c1-12(21)11-19-6-8-20(9-7-19)16-4-5-18-15-10-13(17)2-3-14(15)16/h2-5,10,12,21H,6-9,11H2,1H3/t12-/m1/s1. The number of aliphatic hydroxyl groups is 1. The third kappa shape index (κ3) is 3.14. The molecule has 0 radical (unpaired) electrons. The molecule has 1 fully saturated rings. The van der Waals surface area contributed by atoms with E-state index in [9.17, 15) is 9.50 Å². The highest BCUT2D eigenvalue weighted by atomic mass is 19.1. The maximum absolute atomic E-state index is 13.3. The number of hydrogen-bond donors (Lipinski definition) is 1. The number of aliphatic hydroxyl groups excluding tert-OH is 1. The second kappa shape index (κ2) is 5.95. The van der Waals surface area contributed by atoms with E-state index in [1.165, 1.54) is 12.1 Å². The first-order valence-corrected chi connectivity index (χ1v) is 7.33. The zero-order chi connectivity index (χ0) is 14.8. The Bertz CT molecular complexity index is 624. The van der Waals surface area contributed by atoms with Gasteiger partial charge < -0.3 is 10.0 Å². The monoisotopic (exact) mass is 289 g/mol. The number of hydrogen-bond acceptors (Lipinski definition) is 4. The lowest BCUT2D eigenvalue weighted by molar-refractivity contribution is 0.123. The summed E-state index contributed by atoms with van der Waals surface area (Å²) in [6.45, 7) is 6.20. The number of nitrogens with zero attached hydrogens (tertiary/aromatic N) is 3. The van der Waals surface area contributed by atoms with Crippen LogP contribution in [0.2, 0.25) is 0 Å². The predicted octanol–water partition coefficient (Wildman–Crippen LogP) is 1.88. The first kappa shape index (κ1) is 14.2. The summed E-state index contributed by atoms with van der Waals surface area (Å²) in [6.07, 6.45) is 1.44. The smallest absolute Gasteiger partial charge is 0.125 e. The van der Waals surface area contributed by atoms with Gasteiger partial charge in [0.05, 0.1) is 11.6 Å². The second-order valence-corrected chi connectivity index (χ2v) is 5.63. The van der Waals surface area contributed by atoms with E-state index in [-0.39, 0.29) is 11.9 Å². The molecule has 5 heteroatoms. The zero-order valence-electron chi connectivity index (χ0n) is 12.2. The van der Waals surface area contributed by atoms with Crippen molar-refractivity contribution < 1.29 is 9.50 Å². The van der Waals surface area contributed by atoms with Crippen LogP contribution < -0.4 is 4.90 Å². The number of fused-ring (bicyclic) bond motifs is 1. The molecule has 1 atom stereocenters. The van der Waals surface area contributed by atoms with E-state index in [0.717, 1.165) is 43.8 Å². The third-order valence-corrected chi connectivity index (χ3v) is 3.92. The Kier molecular flexibility index (Phi) is 4.03. The molecule has 112 valence electrons. The maximum Gasteiger partial charge on any atom is 0.125 e. The predicted molar refractivity (Wildman–Crippen MR) is 82.0 cm³/mol. The molecule has 0 bridgehead atoms. The Hall–Kier alpha value is -1.72. The largest absolute Gasteiger partial charge is 0.392 e. The van der Waals surface area contributed by atoms with Crippen LogP contribution in [-0.2, 0) is 0 Å². The molecule has 0 amide bonds. The van der Waals surface area contributed by atoms with Crippen LogP contribution in [0, 0.1) is 5.82 Å². The van der Waals surface area contributed by atoms with E-state index < -0.39 is 0 Å². The number of β-amino-alcohol motifs (C(OH)–C–C–N with tert-alkyl or cyclic N) is 1. The molecule has 21 heavy (non-hydrogen) atoms. The second-order valence-electron chi connectivity index (χ2n) is 5.63. The normalized spacial score (nSPS) is 18.1. The number of rotatable bonds is 3. The van der Waals surface area contributed by atoms with Crippen LogP contribution in [-0.4, -0.2) is 53.8 Å². The Labute approximate surface area is 123 Å². The van der Waals surface area contributed by atoms with Crippen molar-refractivity contribution in [3.63, 3.8) is 0 Å². The highest BCUT2D eigenvalue weighted by Crippen LogP contribution is 2.26. The van der Waals surface area contributed by atoms with Crippen LogP contribution in [0.25, 0.3) is 10.9 Å². The summed E-state index contributed by atoms with van der Waals surface area (Å²) >= 11 is 0. The van der Waals surface area contributed by atoms with Gasteiger partial charge in [-0.3, -0.25) is 9.88 Å². The van der Waals surface area contributed by atoms with Crippen molar-refractivity contribution in [2.45, 2.75) is 13.0 Å². The molecule has 1 aromatic heterocycles. The molecule has 3 rings (SSSR count). The van der Waals surface area contributed by atoms with Crippen LogP contribution in [0.5, 0.6) is 0 Å². The molecule has 1 aromatic carbocycles. The number of aromatic nitrogens is 1. The van der Waals surface area contributed by atoms with Crippen molar-refractivity contribution in [3.05, 3.63) is 36.3 Å². The Morgan fingerprint density at radius 3 is 2.71 bits per heavy atom. The Morgan fingerprint density at radius 2 is 2.00 bits per heavy atom. The van der Waals surface area contributed by atoms with E-state index in [1.54, 1.807) is 12.3 Å². The van der Waals surface area contributed by atoms with E-state index in [4.69, 9.17) is 0 Å². The van der Waals surface area contributed by atoms with Gasteiger partial charge in [-0.2, -0.15) is 0 Å². The molecule has 1 aliphatic heterocycles. The van der Waals surface area contributed by atoms with Crippen LogP contribution in [0.3, 0.4) is 0 Å². The summed E-state index contributed by atoms with van der Waals surface area (Å²) in [7, 11) is 0. The van der Waals surface area contributed by atoms with E-state index >= 15 is 0 Å². The lowest BCUT2D eigenvalue weighted by Gasteiger charge is -2.37. The van der Waals surface area contributed by atoms with Crippen LogP contribution >= 0.6 is 0 Å². The van der Waals surface area contributed by atoms with Gasteiger partial charge in [0.25, 0.3) is 0 Å². The Balaban J connectivity index is 1.79.